The fraction of sp³-hybridized carbons (Fsp3) is 0.538. The zero-order valence-corrected chi connectivity index (χ0v) is 11.6. The van der Waals surface area contributed by atoms with Gasteiger partial charge in [0.1, 0.15) is 0 Å². The Kier molecular flexibility index (Phi) is 2.26. The summed E-state index contributed by atoms with van der Waals surface area (Å²) in [4.78, 5) is 0. The van der Waals surface area contributed by atoms with E-state index >= 15 is 0 Å². The highest BCUT2D eigenvalue weighted by molar-refractivity contribution is 9.10. The third kappa shape index (κ3) is 1.74. The Morgan fingerprint density at radius 3 is 2.29 bits per heavy atom. The van der Waals surface area contributed by atoms with Crippen LogP contribution in [0.4, 0.5) is 0 Å². The van der Waals surface area contributed by atoms with Crippen LogP contribution in [0.3, 0.4) is 0 Å². The minimum atomic E-state index is -0.396. The van der Waals surface area contributed by atoms with Gasteiger partial charge in [0.05, 0.1) is 0 Å². The molecule has 92 valence electrons. The van der Waals surface area contributed by atoms with Crippen LogP contribution < -0.4 is 15.2 Å². The number of rotatable bonds is 1. The molecule has 1 aliphatic carbocycles. The molecule has 1 spiro atoms. The molecule has 3 rings (SSSR count). The molecule has 1 aromatic carbocycles. The van der Waals surface area contributed by atoms with Gasteiger partial charge in [-0.3, -0.25) is 0 Å². The quantitative estimate of drug-likeness (QED) is 0.865. The Labute approximate surface area is 109 Å². The standard InChI is InChI=1S/C13H16BrNO2/c1-12(2,15)8-6-10-11(7-9(8)14)17-13(16-10)4-3-5-13/h6-7H,3-5,15H2,1-2H3. The van der Waals surface area contributed by atoms with E-state index in [4.69, 9.17) is 15.2 Å². The lowest BCUT2D eigenvalue weighted by atomic mass is 9.91. The van der Waals surface area contributed by atoms with Crippen molar-refractivity contribution in [3.63, 3.8) is 0 Å². The summed E-state index contributed by atoms with van der Waals surface area (Å²) in [6.07, 6.45) is 3.12. The van der Waals surface area contributed by atoms with Crippen LogP contribution in [0.25, 0.3) is 0 Å². The molecule has 0 bridgehead atoms. The molecular formula is C13H16BrNO2. The molecule has 1 heterocycles. The lowest BCUT2D eigenvalue weighted by Crippen LogP contribution is -2.45. The molecule has 0 saturated heterocycles. The van der Waals surface area contributed by atoms with Crippen molar-refractivity contribution in [1.29, 1.82) is 0 Å². The number of halogens is 1. The number of hydrogen-bond donors (Lipinski definition) is 1. The number of benzene rings is 1. The average molecular weight is 298 g/mol. The van der Waals surface area contributed by atoms with E-state index in [1.54, 1.807) is 0 Å². The van der Waals surface area contributed by atoms with E-state index in [2.05, 4.69) is 15.9 Å². The van der Waals surface area contributed by atoms with Crippen LogP contribution in [0.1, 0.15) is 38.7 Å². The molecule has 0 unspecified atom stereocenters. The first-order valence-electron chi connectivity index (χ1n) is 5.91. The third-order valence-corrected chi connectivity index (χ3v) is 4.09. The van der Waals surface area contributed by atoms with E-state index in [-0.39, 0.29) is 5.79 Å². The fourth-order valence-electron chi connectivity index (χ4n) is 2.28. The first kappa shape index (κ1) is 11.4. The van der Waals surface area contributed by atoms with E-state index in [0.29, 0.717) is 0 Å². The van der Waals surface area contributed by atoms with Crippen molar-refractivity contribution < 1.29 is 9.47 Å². The maximum Gasteiger partial charge on any atom is 0.251 e. The molecule has 1 aliphatic heterocycles. The van der Waals surface area contributed by atoms with E-state index in [1.807, 2.05) is 26.0 Å². The number of ether oxygens (including phenoxy) is 2. The highest BCUT2D eigenvalue weighted by atomic mass is 79.9. The van der Waals surface area contributed by atoms with Crippen molar-refractivity contribution in [3.8, 4) is 11.5 Å². The summed E-state index contributed by atoms with van der Waals surface area (Å²) < 4.78 is 12.8. The second-order valence-corrected chi connectivity index (χ2v) is 6.32. The van der Waals surface area contributed by atoms with Gasteiger partial charge < -0.3 is 15.2 Å². The minimum absolute atomic E-state index is 0.376. The Hall–Kier alpha value is -0.740. The van der Waals surface area contributed by atoms with Crippen molar-refractivity contribution in [2.45, 2.75) is 44.4 Å². The molecule has 0 atom stereocenters. The lowest BCUT2D eigenvalue weighted by molar-refractivity contribution is -0.138. The summed E-state index contributed by atoms with van der Waals surface area (Å²) in [7, 11) is 0. The van der Waals surface area contributed by atoms with Gasteiger partial charge in [-0.15, -0.1) is 0 Å². The molecule has 0 amide bonds. The predicted octanol–water partition coefficient (Wildman–Crippen LogP) is 3.29. The topological polar surface area (TPSA) is 44.5 Å². The molecule has 0 radical (unpaired) electrons. The van der Waals surface area contributed by atoms with Gasteiger partial charge in [-0.05, 0) is 38.0 Å². The zero-order valence-electron chi connectivity index (χ0n) is 10.0. The van der Waals surface area contributed by atoms with Crippen LogP contribution in [0.5, 0.6) is 11.5 Å². The molecule has 1 aromatic rings. The van der Waals surface area contributed by atoms with E-state index in [1.165, 1.54) is 6.42 Å². The van der Waals surface area contributed by atoms with Gasteiger partial charge in [-0.2, -0.15) is 0 Å². The first-order valence-corrected chi connectivity index (χ1v) is 6.70. The van der Waals surface area contributed by atoms with Gasteiger partial charge in [-0.1, -0.05) is 15.9 Å². The molecular weight excluding hydrogens is 282 g/mol. The molecule has 1 fully saturated rings. The molecule has 4 heteroatoms. The van der Waals surface area contributed by atoms with Gasteiger partial charge >= 0.3 is 0 Å². The second kappa shape index (κ2) is 3.39. The van der Waals surface area contributed by atoms with Gasteiger partial charge in [0.2, 0.25) is 0 Å². The summed E-state index contributed by atoms with van der Waals surface area (Å²) in [6, 6.07) is 3.96. The smallest absolute Gasteiger partial charge is 0.251 e. The van der Waals surface area contributed by atoms with Crippen LogP contribution in [-0.4, -0.2) is 5.79 Å². The number of fused-ring (bicyclic) bond motifs is 1. The largest absolute Gasteiger partial charge is 0.448 e. The predicted molar refractivity (Wildman–Crippen MR) is 69.2 cm³/mol. The lowest BCUT2D eigenvalue weighted by Gasteiger charge is -2.35. The summed E-state index contributed by atoms with van der Waals surface area (Å²) in [5.41, 5.74) is 6.78. The third-order valence-electron chi connectivity index (χ3n) is 3.43. The average Bonchev–Trinajstić information content (AvgIpc) is 2.52. The van der Waals surface area contributed by atoms with Crippen LogP contribution in [0.2, 0.25) is 0 Å². The van der Waals surface area contributed by atoms with Crippen molar-refractivity contribution in [2.75, 3.05) is 0 Å². The fourth-order valence-corrected chi connectivity index (χ4v) is 3.11. The van der Waals surface area contributed by atoms with Gasteiger partial charge in [0.15, 0.2) is 11.5 Å². The van der Waals surface area contributed by atoms with E-state index in [0.717, 1.165) is 34.4 Å². The maximum absolute atomic E-state index is 6.14. The van der Waals surface area contributed by atoms with Crippen molar-refractivity contribution in [3.05, 3.63) is 22.2 Å². The van der Waals surface area contributed by atoms with Gasteiger partial charge in [-0.25, -0.2) is 0 Å². The summed E-state index contributed by atoms with van der Waals surface area (Å²) in [6.45, 7) is 3.96. The van der Waals surface area contributed by atoms with Crippen LogP contribution in [0, 0.1) is 0 Å². The van der Waals surface area contributed by atoms with Crippen molar-refractivity contribution >= 4 is 15.9 Å². The van der Waals surface area contributed by atoms with E-state index < -0.39 is 5.54 Å². The minimum Gasteiger partial charge on any atom is -0.448 e. The zero-order chi connectivity index (χ0) is 12.3. The SMILES string of the molecule is CC(C)(N)c1cc2c(cc1Br)OC1(CCC1)O2. The van der Waals surface area contributed by atoms with Crippen LogP contribution >= 0.6 is 15.9 Å². The van der Waals surface area contributed by atoms with Crippen molar-refractivity contribution in [2.24, 2.45) is 5.73 Å². The van der Waals surface area contributed by atoms with Crippen molar-refractivity contribution in [1.82, 2.24) is 0 Å². The maximum atomic E-state index is 6.14. The molecule has 2 N–H and O–H groups in total. The Morgan fingerprint density at radius 1 is 1.24 bits per heavy atom. The molecule has 0 aromatic heterocycles. The van der Waals surface area contributed by atoms with Crippen LogP contribution in [-0.2, 0) is 5.54 Å². The molecule has 2 aliphatic rings. The molecule has 3 nitrogen and oxygen atoms in total. The first-order chi connectivity index (χ1) is 7.90. The summed E-state index contributed by atoms with van der Waals surface area (Å²) in [5, 5.41) is 0. The van der Waals surface area contributed by atoms with Crippen LogP contribution in [0.15, 0.2) is 16.6 Å². The second-order valence-electron chi connectivity index (χ2n) is 5.47. The Bertz CT molecular complexity index is 475. The van der Waals surface area contributed by atoms with Gasteiger partial charge in [0, 0.05) is 22.9 Å². The number of nitrogens with two attached hydrogens (primary N) is 1. The highest BCUT2D eigenvalue weighted by Gasteiger charge is 2.47. The van der Waals surface area contributed by atoms with Gasteiger partial charge in [0.25, 0.3) is 5.79 Å². The molecule has 17 heavy (non-hydrogen) atoms. The Morgan fingerprint density at radius 2 is 1.82 bits per heavy atom. The monoisotopic (exact) mass is 297 g/mol. The molecule has 1 saturated carbocycles. The number of hydrogen-bond acceptors (Lipinski definition) is 3. The summed E-state index contributed by atoms with van der Waals surface area (Å²) in [5.74, 6) is 1.27. The highest BCUT2D eigenvalue weighted by Crippen LogP contribution is 2.50. The van der Waals surface area contributed by atoms with E-state index in [9.17, 15) is 0 Å². The normalized spacial score (nSPS) is 20.5. The summed E-state index contributed by atoms with van der Waals surface area (Å²) >= 11 is 3.55. The Balaban J connectivity index is 2.01.